The number of halogens is 4. The number of alkyl halides is 4. The van der Waals surface area contributed by atoms with E-state index in [0.29, 0.717) is 0 Å². The molecule has 68 valence electrons. The fraction of sp³-hybridized carbons (Fsp3) is 1.00. The summed E-state index contributed by atoms with van der Waals surface area (Å²) in [7, 11) is 0. The molecule has 0 aromatic heterocycles. The van der Waals surface area contributed by atoms with E-state index < -0.39 is 24.9 Å². The zero-order chi connectivity index (χ0) is 9.12. The fourth-order valence-electron chi connectivity index (χ4n) is 0.545. The molecular formula is C6H11F4N. The van der Waals surface area contributed by atoms with Crippen molar-refractivity contribution in [1.82, 2.24) is 5.32 Å². The first kappa shape index (κ1) is 10.7. The predicted octanol–water partition coefficient (Wildman–Crippen LogP) is 1.89. The van der Waals surface area contributed by atoms with Gasteiger partial charge in [-0.05, 0) is 0 Å². The summed E-state index contributed by atoms with van der Waals surface area (Å²) in [5.74, 6) is 0. The maximum absolute atomic E-state index is 12.2. The van der Waals surface area contributed by atoms with Gasteiger partial charge in [-0.25, -0.2) is 4.39 Å². The zero-order valence-corrected chi connectivity index (χ0v) is 6.43. The summed E-state index contributed by atoms with van der Waals surface area (Å²) in [6, 6.07) is 0. The van der Waals surface area contributed by atoms with Crippen molar-refractivity contribution in [3.8, 4) is 0 Å². The lowest BCUT2D eigenvalue weighted by molar-refractivity contribution is -0.244. The monoisotopic (exact) mass is 173 g/mol. The molecule has 1 saturated heterocycles. The minimum atomic E-state index is -4.70. The first-order chi connectivity index (χ1) is 4.96. The molecule has 1 fully saturated rings. The number of hydrogen-bond acceptors (Lipinski definition) is 1. The summed E-state index contributed by atoms with van der Waals surface area (Å²) in [6.45, 7) is 2.80. The van der Waals surface area contributed by atoms with Crippen molar-refractivity contribution >= 4 is 0 Å². The molecule has 0 atom stereocenters. The predicted molar refractivity (Wildman–Crippen MR) is 34.1 cm³/mol. The van der Waals surface area contributed by atoms with Crippen molar-refractivity contribution in [2.75, 3.05) is 13.1 Å². The quantitative estimate of drug-likeness (QED) is 0.551. The van der Waals surface area contributed by atoms with Crippen LogP contribution in [-0.4, -0.2) is 24.9 Å². The molecule has 1 nitrogen and oxygen atoms in total. The summed E-state index contributed by atoms with van der Waals surface area (Å²) in [6.07, 6.45) is -4.70. The highest BCUT2D eigenvalue weighted by Gasteiger charge is 2.59. The minimum absolute atomic E-state index is 0.601. The highest BCUT2D eigenvalue weighted by Crippen LogP contribution is 2.36. The van der Waals surface area contributed by atoms with Crippen LogP contribution in [0.4, 0.5) is 17.6 Å². The third kappa shape index (κ3) is 2.05. The van der Waals surface area contributed by atoms with Crippen molar-refractivity contribution < 1.29 is 17.6 Å². The van der Waals surface area contributed by atoms with Crippen molar-refractivity contribution in [3.63, 3.8) is 0 Å². The molecule has 0 aliphatic carbocycles. The van der Waals surface area contributed by atoms with Gasteiger partial charge in [-0.2, -0.15) is 13.2 Å². The molecule has 1 N–H and O–H groups in total. The van der Waals surface area contributed by atoms with Crippen LogP contribution < -0.4 is 5.32 Å². The third-order valence-electron chi connectivity index (χ3n) is 1.32. The lowest BCUT2D eigenvalue weighted by atomic mass is 9.99. The molecule has 0 bridgehead atoms. The van der Waals surface area contributed by atoms with E-state index in [-0.39, 0.29) is 0 Å². The summed E-state index contributed by atoms with van der Waals surface area (Å²) in [5, 5.41) is 2.21. The van der Waals surface area contributed by atoms with Crippen LogP contribution in [0.25, 0.3) is 0 Å². The van der Waals surface area contributed by atoms with Gasteiger partial charge in [0.15, 0.2) is 0 Å². The first-order valence-electron chi connectivity index (χ1n) is 3.42. The summed E-state index contributed by atoms with van der Waals surface area (Å²) in [5.41, 5.74) is -2.95. The molecular weight excluding hydrogens is 162 g/mol. The largest absolute Gasteiger partial charge is 0.425 e. The van der Waals surface area contributed by atoms with E-state index in [9.17, 15) is 17.6 Å². The SMILES string of the molecule is CC.FC(F)(F)C1(F)CNC1. The van der Waals surface area contributed by atoms with E-state index in [0.717, 1.165) is 0 Å². The Kier molecular flexibility index (Phi) is 3.29. The van der Waals surface area contributed by atoms with Gasteiger partial charge in [-0.15, -0.1) is 0 Å². The van der Waals surface area contributed by atoms with Crippen LogP contribution in [0.15, 0.2) is 0 Å². The molecule has 0 radical (unpaired) electrons. The number of rotatable bonds is 0. The highest BCUT2D eigenvalue weighted by molar-refractivity contribution is 4.99. The highest BCUT2D eigenvalue weighted by atomic mass is 19.4. The molecule has 0 aromatic carbocycles. The van der Waals surface area contributed by atoms with Crippen molar-refractivity contribution in [1.29, 1.82) is 0 Å². The van der Waals surface area contributed by atoms with Crippen LogP contribution in [-0.2, 0) is 0 Å². The zero-order valence-electron chi connectivity index (χ0n) is 6.43. The average Bonchev–Trinajstić information content (AvgIpc) is 1.85. The van der Waals surface area contributed by atoms with Gasteiger partial charge in [0.2, 0.25) is 5.67 Å². The molecule has 1 heterocycles. The lowest BCUT2D eigenvalue weighted by Crippen LogP contribution is -2.64. The van der Waals surface area contributed by atoms with Crippen LogP contribution in [0.3, 0.4) is 0 Å². The second-order valence-corrected chi connectivity index (χ2v) is 2.07. The van der Waals surface area contributed by atoms with Gasteiger partial charge in [0.25, 0.3) is 0 Å². The third-order valence-corrected chi connectivity index (χ3v) is 1.32. The lowest BCUT2D eigenvalue weighted by Gasteiger charge is -2.36. The molecule has 11 heavy (non-hydrogen) atoms. The minimum Gasteiger partial charge on any atom is -0.310 e. The topological polar surface area (TPSA) is 12.0 Å². The summed E-state index contributed by atoms with van der Waals surface area (Å²) >= 11 is 0. The first-order valence-corrected chi connectivity index (χ1v) is 3.42. The summed E-state index contributed by atoms with van der Waals surface area (Å²) in [4.78, 5) is 0. The molecule has 1 aliphatic heterocycles. The molecule has 1 aliphatic rings. The van der Waals surface area contributed by atoms with Gasteiger partial charge in [-0.1, -0.05) is 13.8 Å². The van der Waals surface area contributed by atoms with E-state index in [1.54, 1.807) is 0 Å². The molecule has 1 rings (SSSR count). The van der Waals surface area contributed by atoms with Crippen molar-refractivity contribution in [2.45, 2.75) is 25.7 Å². The Bertz CT molecular complexity index is 116. The smallest absolute Gasteiger partial charge is 0.310 e. The van der Waals surface area contributed by atoms with E-state index in [2.05, 4.69) is 5.32 Å². The molecule has 0 saturated carbocycles. The second kappa shape index (κ2) is 3.38. The van der Waals surface area contributed by atoms with Gasteiger partial charge in [-0.3, -0.25) is 0 Å². The fourth-order valence-corrected chi connectivity index (χ4v) is 0.545. The Hall–Kier alpha value is -0.320. The number of nitrogens with one attached hydrogen (secondary N) is 1. The van der Waals surface area contributed by atoms with Crippen LogP contribution >= 0.6 is 0 Å². The molecule has 0 spiro atoms. The normalized spacial score (nSPS) is 21.3. The van der Waals surface area contributed by atoms with Crippen LogP contribution in [0.5, 0.6) is 0 Å². The maximum Gasteiger partial charge on any atom is 0.425 e. The van der Waals surface area contributed by atoms with Gasteiger partial charge < -0.3 is 5.32 Å². The Morgan fingerprint density at radius 1 is 1.18 bits per heavy atom. The van der Waals surface area contributed by atoms with Crippen LogP contribution in [0.1, 0.15) is 13.8 Å². The molecule has 0 aromatic rings. The van der Waals surface area contributed by atoms with E-state index >= 15 is 0 Å². The van der Waals surface area contributed by atoms with Gasteiger partial charge in [0.1, 0.15) is 0 Å². The standard InChI is InChI=1S/C4H5F4N.C2H6/c5-3(1-9-2-3)4(6,7)8;1-2/h9H,1-2H2;1-2H3. The Balaban J connectivity index is 0.000000461. The van der Waals surface area contributed by atoms with Crippen molar-refractivity contribution in [2.24, 2.45) is 0 Å². The van der Waals surface area contributed by atoms with Crippen LogP contribution in [0, 0.1) is 0 Å². The average molecular weight is 173 g/mol. The van der Waals surface area contributed by atoms with Crippen LogP contribution in [0.2, 0.25) is 0 Å². The Morgan fingerprint density at radius 2 is 1.55 bits per heavy atom. The molecule has 5 heteroatoms. The Morgan fingerprint density at radius 3 is 1.55 bits per heavy atom. The van der Waals surface area contributed by atoms with Gasteiger partial charge in [0, 0.05) is 13.1 Å². The Labute approximate surface area is 62.8 Å². The molecule has 0 amide bonds. The van der Waals surface area contributed by atoms with E-state index in [4.69, 9.17) is 0 Å². The second-order valence-electron chi connectivity index (χ2n) is 2.07. The maximum atomic E-state index is 12.2. The molecule has 0 unspecified atom stereocenters. The summed E-state index contributed by atoms with van der Waals surface area (Å²) < 4.78 is 46.6. The van der Waals surface area contributed by atoms with Gasteiger partial charge >= 0.3 is 6.18 Å². The van der Waals surface area contributed by atoms with Crippen molar-refractivity contribution in [3.05, 3.63) is 0 Å². The number of hydrogen-bond donors (Lipinski definition) is 1. The van der Waals surface area contributed by atoms with Gasteiger partial charge in [0.05, 0.1) is 0 Å². The van der Waals surface area contributed by atoms with E-state index in [1.807, 2.05) is 13.8 Å². The van der Waals surface area contributed by atoms with E-state index in [1.165, 1.54) is 0 Å².